The number of anilines is 1. The number of nitrogens with one attached hydrogen (secondary N) is 1. The first-order valence-electron chi connectivity index (χ1n) is 12.4. The van der Waals surface area contributed by atoms with Gasteiger partial charge < -0.3 is 10.2 Å². The first-order valence-corrected chi connectivity index (χ1v) is 15.0. The fourth-order valence-electron chi connectivity index (χ4n) is 4.07. The molecule has 0 saturated carbocycles. The van der Waals surface area contributed by atoms with Crippen molar-refractivity contribution in [1.82, 2.24) is 10.2 Å². The number of sulfonamides is 1. The van der Waals surface area contributed by atoms with Crippen molar-refractivity contribution in [3.05, 3.63) is 100 Å². The number of para-hydroxylation sites is 1. The van der Waals surface area contributed by atoms with Gasteiger partial charge in [-0.1, -0.05) is 72.3 Å². The molecule has 3 rings (SSSR count). The lowest BCUT2D eigenvalue weighted by molar-refractivity contribution is -0.140. The lowest BCUT2D eigenvalue weighted by atomic mass is 10.0. The fraction of sp³-hybridized carbons (Fsp3) is 0.310. The average Bonchev–Trinajstić information content (AvgIpc) is 2.85. The summed E-state index contributed by atoms with van der Waals surface area (Å²) >= 11 is 3.41. The zero-order chi connectivity index (χ0) is 27.9. The Bertz CT molecular complexity index is 1350. The molecule has 1 atom stereocenters. The summed E-state index contributed by atoms with van der Waals surface area (Å²) in [5.41, 5.74) is 3.15. The number of rotatable bonds is 11. The van der Waals surface area contributed by atoms with Crippen LogP contribution in [0.3, 0.4) is 0 Å². The molecule has 3 aromatic carbocycles. The molecule has 0 saturated heterocycles. The largest absolute Gasteiger partial charge is 0.352 e. The predicted octanol–water partition coefficient (Wildman–Crippen LogP) is 4.69. The normalized spacial score (nSPS) is 12.2. The quantitative estimate of drug-likeness (QED) is 0.346. The highest BCUT2D eigenvalue weighted by molar-refractivity contribution is 9.10. The van der Waals surface area contributed by atoms with Crippen molar-refractivity contribution in [3.8, 4) is 0 Å². The highest BCUT2D eigenvalue weighted by Gasteiger charge is 2.33. The van der Waals surface area contributed by atoms with Crippen LogP contribution in [0, 0.1) is 6.92 Å². The van der Waals surface area contributed by atoms with E-state index >= 15 is 0 Å². The Morgan fingerprint density at radius 3 is 2.08 bits per heavy atom. The minimum atomic E-state index is -3.82. The third-order valence-corrected chi connectivity index (χ3v) is 7.77. The molecule has 0 aliphatic rings. The van der Waals surface area contributed by atoms with Crippen LogP contribution in [-0.4, -0.2) is 50.0 Å². The van der Waals surface area contributed by atoms with Gasteiger partial charge in [0, 0.05) is 23.5 Å². The number of aryl methyl sites for hydroxylation is 1. The molecule has 0 aromatic heterocycles. The van der Waals surface area contributed by atoms with Crippen molar-refractivity contribution in [3.63, 3.8) is 0 Å². The van der Waals surface area contributed by atoms with Gasteiger partial charge in [0.1, 0.15) is 12.6 Å². The molecular formula is C29H34BrN3O4S. The molecule has 202 valence electrons. The van der Waals surface area contributed by atoms with Crippen molar-refractivity contribution < 1.29 is 18.0 Å². The summed E-state index contributed by atoms with van der Waals surface area (Å²) in [6.07, 6.45) is 1.35. The number of benzene rings is 3. The highest BCUT2D eigenvalue weighted by atomic mass is 79.9. The summed E-state index contributed by atoms with van der Waals surface area (Å²) in [7, 11) is -3.82. The molecule has 9 heteroatoms. The molecule has 1 N–H and O–H groups in total. The van der Waals surface area contributed by atoms with Crippen LogP contribution in [-0.2, 0) is 32.6 Å². The maximum Gasteiger partial charge on any atom is 0.244 e. The minimum Gasteiger partial charge on any atom is -0.352 e. The molecule has 0 bridgehead atoms. The number of nitrogens with zero attached hydrogens (tertiary/aromatic N) is 2. The standard InChI is InChI=1S/C29H34BrN3O4S/c1-21(2)31-29(35)27(18-23-10-6-5-7-11-23)32(19-24-16-14-22(3)15-17-24)28(34)20-33(38(4,36)37)26-13-9-8-12-25(26)30/h5-17,21,27H,18-20H2,1-4H3,(H,31,35)/t27-/m0/s1. The Kier molecular flexibility index (Phi) is 10.1. The van der Waals surface area contributed by atoms with Gasteiger partial charge >= 0.3 is 0 Å². The molecule has 3 aromatic rings. The van der Waals surface area contributed by atoms with Crippen LogP contribution in [0.5, 0.6) is 0 Å². The van der Waals surface area contributed by atoms with Crippen LogP contribution >= 0.6 is 15.9 Å². The van der Waals surface area contributed by atoms with E-state index in [1.807, 2.05) is 75.4 Å². The molecule has 2 amide bonds. The molecule has 0 aliphatic carbocycles. The van der Waals surface area contributed by atoms with E-state index in [0.717, 1.165) is 27.3 Å². The molecule has 0 aliphatic heterocycles. The molecular weight excluding hydrogens is 566 g/mol. The molecule has 38 heavy (non-hydrogen) atoms. The topological polar surface area (TPSA) is 86.8 Å². The van der Waals surface area contributed by atoms with Crippen molar-refractivity contribution >= 4 is 43.5 Å². The molecule has 7 nitrogen and oxygen atoms in total. The monoisotopic (exact) mass is 599 g/mol. The van der Waals surface area contributed by atoms with Gasteiger partial charge in [0.05, 0.1) is 11.9 Å². The number of hydrogen-bond donors (Lipinski definition) is 1. The van der Waals surface area contributed by atoms with E-state index in [1.54, 1.807) is 24.3 Å². The van der Waals surface area contributed by atoms with Gasteiger partial charge in [-0.05, 0) is 60.0 Å². The van der Waals surface area contributed by atoms with E-state index in [2.05, 4.69) is 21.2 Å². The van der Waals surface area contributed by atoms with Crippen LogP contribution in [0.25, 0.3) is 0 Å². The van der Waals surface area contributed by atoms with Gasteiger partial charge in [-0.15, -0.1) is 0 Å². The average molecular weight is 601 g/mol. The SMILES string of the molecule is Cc1ccc(CN(C(=O)CN(c2ccccc2Br)S(C)(=O)=O)[C@@H](Cc2ccccc2)C(=O)NC(C)C)cc1. The second-order valence-corrected chi connectivity index (χ2v) is 12.4. The number of carbonyl (C=O) groups excluding carboxylic acids is 2. The van der Waals surface area contributed by atoms with Gasteiger partial charge in [-0.25, -0.2) is 8.42 Å². The van der Waals surface area contributed by atoms with Crippen molar-refractivity contribution in [2.75, 3.05) is 17.1 Å². The number of amides is 2. The molecule has 0 spiro atoms. The highest BCUT2D eigenvalue weighted by Crippen LogP contribution is 2.28. The van der Waals surface area contributed by atoms with Crippen LogP contribution in [0.2, 0.25) is 0 Å². The van der Waals surface area contributed by atoms with Gasteiger partial charge in [-0.2, -0.15) is 0 Å². The molecule has 0 heterocycles. The summed E-state index contributed by atoms with van der Waals surface area (Å²) in [5.74, 6) is -0.775. The zero-order valence-electron chi connectivity index (χ0n) is 22.1. The number of hydrogen-bond acceptors (Lipinski definition) is 4. The summed E-state index contributed by atoms with van der Waals surface area (Å²) in [6.45, 7) is 5.40. The summed E-state index contributed by atoms with van der Waals surface area (Å²) in [4.78, 5) is 29.0. The Balaban J connectivity index is 2.06. The Labute approximate surface area is 234 Å². The maximum atomic E-state index is 14.0. The minimum absolute atomic E-state index is 0.134. The first-order chi connectivity index (χ1) is 18.0. The second-order valence-electron chi connectivity index (χ2n) is 9.60. The van der Waals surface area contributed by atoms with Crippen LogP contribution in [0.4, 0.5) is 5.69 Å². The van der Waals surface area contributed by atoms with Crippen molar-refractivity contribution in [1.29, 1.82) is 0 Å². The van der Waals surface area contributed by atoms with E-state index in [1.165, 1.54) is 4.90 Å². The van der Waals surface area contributed by atoms with Gasteiger partial charge in [0.2, 0.25) is 21.8 Å². The van der Waals surface area contributed by atoms with Crippen LogP contribution < -0.4 is 9.62 Å². The van der Waals surface area contributed by atoms with E-state index in [9.17, 15) is 18.0 Å². The lowest BCUT2D eigenvalue weighted by Gasteiger charge is -2.34. The molecule has 0 unspecified atom stereocenters. The summed E-state index contributed by atoms with van der Waals surface area (Å²) < 4.78 is 27.3. The first kappa shape index (κ1) is 29.4. The third kappa shape index (κ3) is 8.16. The smallest absolute Gasteiger partial charge is 0.244 e. The zero-order valence-corrected chi connectivity index (χ0v) is 24.5. The Morgan fingerprint density at radius 2 is 1.50 bits per heavy atom. The van der Waals surface area contributed by atoms with Crippen LogP contribution in [0.1, 0.15) is 30.5 Å². The van der Waals surface area contributed by atoms with Crippen molar-refractivity contribution in [2.24, 2.45) is 0 Å². The lowest BCUT2D eigenvalue weighted by Crippen LogP contribution is -2.54. The molecule has 0 fully saturated rings. The predicted molar refractivity (Wildman–Crippen MR) is 155 cm³/mol. The summed E-state index contributed by atoms with van der Waals surface area (Å²) in [6, 6.07) is 23.1. The third-order valence-electron chi connectivity index (χ3n) is 5.98. The van der Waals surface area contributed by atoms with E-state index in [-0.39, 0.29) is 24.9 Å². The summed E-state index contributed by atoms with van der Waals surface area (Å²) in [5, 5.41) is 2.95. The van der Waals surface area contributed by atoms with E-state index < -0.39 is 28.5 Å². The Hall–Kier alpha value is -3.17. The van der Waals surface area contributed by atoms with E-state index in [4.69, 9.17) is 0 Å². The van der Waals surface area contributed by atoms with Gasteiger partial charge in [0.15, 0.2) is 0 Å². The van der Waals surface area contributed by atoms with Crippen LogP contribution in [0.15, 0.2) is 83.3 Å². The van der Waals surface area contributed by atoms with E-state index in [0.29, 0.717) is 10.2 Å². The second kappa shape index (κ2) is 13.1. The van der Waals surface area contributed by atoms with Gasteiger partial charge in [0.25, 0.3) is 0 Å². The fourth-order valence-corrected chi connectivity index (χ4v) is 5.55. The maximum absolute atomic E-state index is 14.0. The Morgan fingerprint density at radius 1 is 0.895 bits per heavy atom. The number of halogens is 1. The van der Waals surface area contributed by atoms with Gasteiger partial charge in [-0.3, -0.25) is 13.9 Å². The number of carbonyl (C=O) groups is 2. The van der Waals surface area contributed by atoms with Crippen molar-refractivity contribution in [2.45, 2.75) is 45.8 Å². The molecule has 0 radical (unpaired) electrons.